The molecule has 1 fully saturated rings. The van der Waals surface area contributed by atoms with E-state index in [1.165, 1.54) is 24.2 Å². The van der Waals surface area contributed by atoms with Crippen LogP contribution < -0.4 is 4.90 Å². The molecule has 0 saturated heterocycles. The number of aryl methyl sites for hydroxylation is 1. The molecule has 0 spiro atoms. The Hall–Kier alpha value is -1.01. The first kappa shape index (κ1) is 21.7. The third-order valence-electron chi connectivity index (χ3n) is 4.73. The Bertz CT molecular complexity index is 843. The molecule has 1 saturated carbocycles. The summed E-state index contributed by atoms with van der Waals surface area (Å²) in [7, 11) is 0. The summed E-state index contributed by atoms with van der Waals surface area (Å²) in [4.78, 5) is 22.4. The van der Waals surface area contributed by atoms with Crippen LogP contribution in [-0.4, -0.2) is 35.4 Å². The average molecular weight is 461 g/mol. The molecule has 2 aromatic rings. The van der Waals surface area contributed by atoms with Crippen LogP contribution in [0.4, 0.5) is 10.8 Å². The van der Waals surface area contributed by atoms with E-state index in [1.54, 1.807) is 12.1 Å². The normalized spacial score (nSPS) is 13.6. The second-order valence-corrected chi connectivity index (χ2v) is 9.30. The Kier molecular flexibility index (Phi) is 7.13. The van der Waals surface area contributed by atoms with Crippen LogP contribution in [0.5, 0.6) is 0 Å². The van der Waals surface area contributed by atoms with Crippen LogP contribution in [-0.2, 0) is 0 Å². The first-order chi connectivity index (χ1) is 13.3. The number of thiazole rings is 1. The quantitative estimate of drug-likeness (QED) is 0.433. The van der Waals surface area contributed by atoms with Crippen molar-refractivity contribution in [2.45, 2.75) is 40.0 Å². The molecule has 1 amide bonds. The molecular formula is C20H24Cl3N3OS. The highest BCUT2D eigenvalue weighted by molar-refractivity contribution is 7.17. The molecular weight excluding hydrogens is 437 g/mol. The number of carbonyl (C=O) groups excluding carboxylic acids is 1. The van der Waals surface area contributed by atoms with Crippen LogP contribution in [0.15, 0.2) is 12.1 Å². The van der Waals surface area contributed by atoms with Gasteiger partial charge in [-0.2, -0.15) is 0 Å². The minimum Gasteiger partial charge on any atom is -0.338 e. The number of halogens is 3. The Labute approximate surface area is 185 Å². The van der Waals surface area contributed by atoms with E-state index in [2.05, 4.69) is 11.9 Å². The third-order valence-corrected chi connectivity index (χ3v) is 6.70. The van der Waals surface area contributed by atoms with Crippen molar-refractivity contribution in [3.8, 4) is 0 Å². The zero-order chi connectivity index (χ0) is 20.4. The molecule has 1 aliphatic rings. The lowest BCUT2D eigenvalue weighted by molar-refractivity contribution is 0.0751. The third kappa shape index (κ3) is 4.76. The van der Waals surface area contributed by atoms with E-state index < -0.39 is 0 Å². The monoisotopic (exact) mass is 459 g/mol. The minimum atomic E-state index is 0.0688. The summed E-state index contributed by atoms with van der Waals surface area (Å²) in [6, 6.07) is 3.33. The van der Waals surface area contributed by atoms with Crippen LogP contribution in [0.3, 0.4) is 0 Å². The Morgan fingerprint density at radius 2 is 1.86 bits per heavy atom. The first-order valence-electron chi connectivity index (χ1n) is 9.54. The van der Waals surface area contributed by atoms with Gasteiger partial charge < -0.3 is 9.80 Å². The van der Waals surface area contributed by atoms with Gasteiger partial charge >= 0.3 is 0 Å². The maximum atomic E-state index is 13.2. The van der Waals surface area contributed by atoms with Crippen molar-refractivity contribution in [1.82, 2.24) is 9.88 Å². The zero-order valence-corrected chi connectivity index (χ0v) is 19.4. The maximum absolute atomic E-state index is 13.2. The predicted octanol–water partition coefficient (Wildman–Crippen LogP) is 6.83. The number of amides is 1. The molecule has 8 heteroatoms. The number of rotatable bonds is 8. The topological polar surface area (TPSA) is 36.4 Å². The summed E-state index contributed by atoms with van der Waals surface area (Å²) < 4.78 is 0. The van der Waals surface area contributed by atoms with Gasteiger partial charge in [-0.15, -0.1) is 0 Å². The molecule has 0 unspecified atom stereocenters. The summed E-state index contributed by atoms with van der Waals surface area (Å²) in [6.45, 7) is 8.20. The fraction of sp³-hybridized carbons (Fsp3) is 0.500. The Morgan fingerprint density at radius 1 is 1.21 bits per heavy atom. The van der Waals surface area contributed by atoms with Crippen molar-refractivity contribution in [1.29, 1.82) is 0 Å². The van der Waals surface area contributed by atoms with Gasteiger partial charge in [-0.25, -0.2) is 4.98 Å². The van der Waals surface area contributed by atoms with E-state index in [1.807, 2.05) is 23.6 Å². The molecule has 0 aliphatic heterocycles. The molecule has 0 radical (unpaired) electrons. The van der Waals surface area contributed by atoms with Crippen molar-refractivity contribution >= 4 is 62.9 Å². The lowest BCUT2D eigenvalue weighted by atomic mass is 10.3. The number of aromatic nitrogens is 1. The van der Waals surface area contributed by atoms with Gasteiger partial charge in [0.15, 0.2) is 5.13 Å². The molecule has 28 heavy (non-hydrogen) atoms. The summed E-state index contributed by atoms with van der Waals surface area (Å²) >= 11 is 20.3. The summed E-state index contributed by atoms with van der Waals surface area (Å²) in [5, 5.41) is 2.11. The number of anilines is 2. The van der Waals surface area contributed by atoms with Crippen molar-refractivity contribution < 1.29 is 4.79 Å². The lowest BCUT2D eigenvalue weighted by Gasteiger charge is -2.23. The van der Waals surface area contributed by atoms with Gasteiger partial charge in [0.2, 0.25) is 0 Å². The van der Waals surface area contributed by atoms with E-state index in [9.17, 15) is 4.79 Å². The van der Waals surface area contributed by atoms with Gasteiger partial charge in [0.05, 0.1) is 21.4 Å². The van der Waals surface area contributed by atoms with E-state index >= 15 is 0 Å². The molecule has 3 rings (SSSR count). The van der Waals surface area contributed by atoms with Gasteiger partial charge in [0.1, 0.15) is 4.88 Å². The fourth-order valence-electron chi connectivity index (χ4n) is 3.18. The molecule has 4 nitrogen and oxygen atoms in total. The molecule has 1 aliphatic carbocycles. The summed E-state index contributed by atoms with van der Waals surface area (Å²) in [6.07, 6.45) is 3.38. The van der Waals surface area contributed by atoms with Crippen LogP contribution in [0.1, 0.15) is 48.5 Å². The summed E-state index contributed by atoms with van der Waals surface area (Å²) in [5.41, 5.74) is 1.40. The Balaban J connectivity index is 1.92. The predicted molar refractivity (Wildman–Crippen MR) is 120 cm³/mol. The van der Waals surface area contributed by atoms with Crippen molar-refractivity contribution in [3.63, 3.8) is 0 Å². The second kappa shape index (κ2) is 9.21. The highest BCUT2D eigenvalue weighted by Gasteiger charge is 2.29. The van der Waals surface area contributed by atoms with E-state index in [-0.39, 0.29) is 5.91 Å². The van der Waals surface area contributed by atoms with Gasteiger partial charge in [-0.1, -0.05) is 53.1 Å². The van der Waals surface area contributed by atoms with E-state index in [0.29, 0.717) is 43.2 Å². The zero-order valence-electron chi connectivity index (χ0n) is 16.3. The smallest absolute Gasteiger partial charge is 0.265 e. The maximum Gasteiger partial charge on any atom is 0.265 e. The SMILES string of the molecule is CCCN(CC1CC1)C(=O)c1sc(N(CC)c2c(Cl)cc(Cl)cc2Cl)nc1C. The molecule has 1 aromatic heterocycles. The van der Waals surface area contributed by atoms with Gasteiger partial charge in [0, 0.05) is 24.7 Å². The number of carbonyl (C=O) groups is 1. The molecule has 0 atom stereocenters. The fourth-order valence-corrected chi connectivity index (χ4v) is 5.31. The van der Waals surface area contributed by atoms with E-state index in [4.69, 9.17) is 34.8 Å². The van der Waals surface area contributed by atoms with Crippen LogP contribution in [0.2, 0.25) is 15.1 Å². The highest BCUT2D eigenvalue weighted by atomic mass is 35.5. The average Bonchev–Trinajstić information content (AvgIpc) is 3.37. The molecule has 0 N–H and O–H groups in total. The van der Waals surface area contributed by atoms with Crippen molar-refractivity contribution in [3.05, 3.63) is 37.8 Å². The second-order valence-electron chi connectivity index (χ2n) is 7.07. The number of nitrogens with zero attached hydrogens (tertiary/aromatic N) is 3. The largest absolute Gasteiger partial charge is 0.338 e. The van der Waals surface area contributed by atoms with Gasteiger partial charge in [-0.3, -0.25) is 4.79 Å². The number of hydrogen-bond donors (Lipinski definition) is 0. The lowest BCUT2D eigenvalue weighted by Crippen LogP contribution is -2.33. The number of hydrogen-bond acceptors (Lipinski definition) is 4. The molecule has 1 heterocycles. The van der Waals surface area contributed by atoms with Gasteiger partial charge in [-0.05, 0) is 51.2 Å². The van der Waals surface area contributed by atoms with Gasteiger partial charge in [0.25, 0.3) is 5.91 Å². The van der Waals surface area contributed by atoms with Crippen molar-refractivity contribution in [2.75, 3.05) is 24.5 Å². The first-order valence-corrected chi connectivity index (χ1v) is 11.5. The van der Waals surface area contributed by atoms with Crippen LogP contribution in [0.25, 0.3) is 0 Å². The van der Waals surface area contributed by atoms with Crippen LogP contribution >= 0.6 is 46.1 Å². The molecule has 152 valence electrons. The highest BCUT2D eigenvalue weighted by Crippen LogP contribution is 2.42. The molecule has 0 bridgehead atoms. The van der Waals surface area contributed by atoms with E-state index in [0.717, 1.165) is 25.2 Å². The standard InChI is InChI=1S/C20H24Cl3N3OS/c1-4-8-25(11-13-6-7-13)19(27)18-12(3)24-20(28-18)26(5-2)17-15(22)9-14(21)10-16(17)23/h9-10,13H,4-8,11H2,1-3H3. The van der Waals surface area contributed by atoms with Crippen LogP contribution in [0, 0.1) is 12.8 Å². The minimum absolute atomic E-state index is 0.0688. The Morgan fingerprint density at radius 3 is 2.39 bits per heavy atom. The number of benzene rings is 1. The van der Waals surface area contributed by atoms with Crippen molar-refractivity contribution in [2.24, 2.45) is 5.92 Å². The molecule has 1 aromatic carbocycles. The summed E-state index contributed by atoms with van der Waals surface area (Å²) in [5.74, 6) is 0.723.